The zero-order valence-corrected chi connectivity index (χ0v) is 32.4. The fourth-order valence-electron chi connectivity index (χ4n) is 6.10. The summed E-state index contributed by atoms with van der Waals surface area (Å²) in [5.74, 6) is -0.115. The van der Waals surface area contributed by atoms with Crippen molar-refractivity contribution in [1.82, 2.24) is 0 Å². The van der Waals surface area contributed by atoms with Crippen LogP contribution in [0.3, 0.4) is 0 Å². The molecule has 0 spiro atoms. The Labute approximate surface area is 298 Å². The number of hydrogen-bond acceptors (Lipinski definition) is 6. The molecule has 6 heteroatoms. The first-order valence-corrected chi connectivity index (χ1v) is 20.9. The molecule has 0 saturated carbocycles. The second-order valence-corrected chi connectivity index (χ2v) is 14.7. The first-order valence-electron chi connectivity index (χ1n) is 20.9. The highest BCUT2D eigenvalue weighted by atomic mass is 16.6. The van der Waals surface area contributed by atoms with E-state index >= 15 is 0 Å². The van der Waals surface area contributed by atoms with Crippen molar-refractivity contribution in [1.29, 1.82) is 0 Å². The number of esters is 3. The summed E-state index contributed by atoms with van der Waals surface area (Å²) in [7, 11) is 0. The lowest BCUT2D eigenvalue weighted by Crippen LogP contribution is -2.30. The predicted octanol–water partition coefficient (Wildman–Crippen LogP) is 12.8. The molecule has 0 heterocycles. The van der Waals surface area contributed by atoms with Gasteiger partial charge in [0.25, 0.3) is 0 Å². The number of ether oxygens (including phenoxy) is 3. The van der Waals surface area contributed by atoms with Crippen LogP contribution in [0.15, 0.2) is 0 Å². The van der Waals surface area contributed by atoms with Crippen LogP contribution < -0.4 is 0 Å². The zero-order chi connectivity index (χ0) is 35.3. The Kier molecular flexibility index (Phi) is 35.5. The van der Waals surface area contributed by atoms with Gasteiger partial charge in [-0.1, -0.05) is 188 Å². The Hall–Kier alpha value is -1.59. The summed E-state index contributed by atoms with van der Waals surface area (Å²) in [6, 6.07) is 0. The van der Waals surface area contributed by atoms with E-state index in [0.717, 1.165) is 70.1 Å². The molecule has 0 aromatic carbocycles. The van der Waals surface area contributed by atoms with E-state index in [1.54, 1.807) is 0 Å². The van der Waals surface area contributed by atoms with E-state index in [1.165, 1.54) is 116 Å². The molecule has 1 atom stereocenters. The summed E-state index contributed by atoms with van der Waals surface area (Å²) in [6.07, 6.45) is 34.2. The minimum absolute atomic E-state index is 0.0665. The molecule has 0 fully saturated rings. The topological polar surface area (TPSA) is 78.9 Å². The Morgan fingerprint density at radius 2 is 0.688 bits per heavy atom. The van der Waals surface area contributed by atoms with Gasteiger partial charge in [0, 0.05) is 19.3 Å². The van der Waals surface area contributed by atoms with Crippen molar-refractivity contribution in [3.8, 4) is 0 Å². The lowest BCUT2D eigenvalue weighted by atomic mass is 10.0. The van der Waals surface area contributed by atoms with Gasteiger partial charge in [-0.2, -0.15) is 0 Å². The molecule has 284 valence electrons. The average molecular weight is 681 g/mol. The van der Waals surface area contributed by atoms with Crippen LogP contribution in [0, 0.1) is 5.92 Å². The first kappa shape index (κ1) is 46.4. The standard InChI is InChI=1S/C42H80O6/c1-5-7-9-11-12-13-14-15-16-17-18-19-20-21-26-29-33-40(43)46-36-39(48-42(45)35-31-24-10-8-6-2)37-47-41(44)34-30-27-23-22-25-28-32-38(3)4/h38-39H,5-37H2,1-4H3/t39-/m1/s1. The highest BCUT2D eigenvalue weighted by molar-refractivity contribution is 5.71. The number of carbonyl (C=O) groups is 3. The van der Waals surface area contributed by atoms with Gasteiger partial charge in [0.15, 0.2) is 6.10 Å². The third-order valence-electron chi connectivity index (χ3n) is 9.29. The molecule has 0 aromatic rings. The smallest absolute Gasteiger partial charge is 0.306 e. The fourth-order valence-corrected chi connectivity index (χ4v) is 6.10. The van der Waals surface area contributed by atoms with Crippen molar-refractivity contribution in [2.45, 2.75) is 233 Å². The molecule has 0 N–H and O–H groups in total. The van der Waals surface area contributed by atoms with E-state index in [-0.39, 0.29) is 31.1 Å². The van der Waals surface area contributed by atoms with Crippen molar-refractivity contribution < 1.29 is 28.6 Å². The summed E-state index contributed by atoms with van der Waals surface area (Å²) in [6.45, 7) is 8.83. The second-order valence-electron chi connectivity index (χ2n) is 14.7. The molecule has 0 aromatic heterocycles. The second kappa shape index (κ2) is 36.7. The Morgan fingerprint density at radius 3 is 1.02 bits per heavy atom. The van der Waals surface area contributed by atoms with E-state index in [4.69, 9.17) is 14.2 Å². The van der Waals surface area contributed by atoms with Crippen LogP contribution in [-0.4, -0.2) is 37.2 Å². The third kappa shape index (κ3) is 35.7. The number of hydrogen-bond donors (Lipinski definition) is 0. The SMILES string of the molecule is CCCCCCCCCCCCCCCCCCC(=O)OC[C@H](COC(=O)CCCCCCCCC(C)C)OC(=O)CCCCCCC. The Bertz CT molecular complexity index is 721. The van der Waals surface area contributed by atoms with Crippen molar-refractivity contribution in [3.05, 3.63) is 0 Å². The summed E-state index contributed by atoms with van der Waals surface area (Å²) < 4.78 is 16.5. The molecule has 6 nitrogen and oxygen atoms in total. The third-order valence-corrected chi connectivity index (χ3v) is 9.29. The van der Waals surface area contributed by atoms with Crippen LogP contribution in [0.1, 0.15) is 227 Å². The summed E-state index contributed by atoms with van der Waals surface area (Å²) >= 11 is 0. The van der Waals surface area contributed by atoms with Gasteiger partial charge in [-0.3, -0.25) is 14.4 Å². The van der Waals surface area contributed by atoms with Crippen LogP contribution in [0.2, 0.25) is 0 Å². The van der Waals surface area contributed by atoms with E-state index in [9.17, 15) is 14.4 Å². The first-order chi connectivity index (χ1) is 23.4. The molecular formula is C42H80O6. The maximum absolute atomic E-state index is 12.5. The van der Waals surface area contributed by atoms with Crippen LogP contribution in [0.4, 0.5) is 0 Å². The molecule has 0 saturated heterocycles. The van der Waals surface area contributed by atoms with Gasteiger partial charge >= 0.3 is 17.9 Å². The molecule has 48 heavy (non-hydrogen) atoms. The fraction of sp³-hybridized carbons (Fsp3) is 0.929. The molecule has 0 bridgehead atoms. The molecule has 0 unspecified atom stereocenters. The number of unbranched alkanes of at least 4 members (excludes halogenated alkanes) is 24. The van der Waals surface area contributed by atoms with E-state index in [2.05, 4.69) is 27.7 Å². The average Bonchev–Trinajstić information content (AvgIpc) is 3.06. The monoisotopic (exact) mass is 681 g/mol. The molecule has 0 aliphatic heterocycles. The van der Waals surface area contributed by atoms with Gasteiger partial charge < -0.3 is 14.2 Å². The van der Waals surface area contributed by atoms with Gasteiger partial charge in [-0.15, -0.1) is 0 Å². The van der Waals surface area contributed by atoms with E-state index in [1.807, 2.05) is 0 Å². The minimum atomic E-state index is -0.757. The van der Waals surface area contributed by atoms with Crippen LogP contribution in [0.5, 0.6) is 0 Å². The van der Waals surface area contributed by atoms with Crippen LogP contribution in [-0.2, 0) is 28.6 Å². The highest BCUT2D eigenvalue weighted by Gasteiger charge is 2.19. The van der Waals surface area contributed by atoms with E-state index < -0.39 is 6.10 Å². The van der Waals surface area contributed by atoms with Crippen molar-refractivity contribution >= 4 is 17.9 Å². The highest BCUT2D eigenvalue weighted by Crippen LogP contribution is 2.15. The maximum Gasteiger partial charge on any atom is 0.306 e. The van der Waals surface area contributed by atoms with Crippen LogP contribution >= 0.6 is 0 Å². The summed E-state index contributed by atoms with van der Waals surface area (Å²) in [5, 5.41) is 0. The molecule has 0 rings (SSSR count). The van der Waals surface area contributed by atoms with E-state index in [0.29, 0.717) is 19.3 Å². The zero-order valence-electron chi connectivity index (χ0n) is 32.4. The number of rotatable bonds is 37. The molecule has 0 amide bonds. The molecule has 0 radical (unpaired) electrons. The molecule has 0 aliphatic rings. The predicted molar refractivity (Wildman–Crippen MR) is 201 cm³/mol. The van der Waals surface area contributed by atoms with Crippen molar-refractivity contribution in [2.75, 3.05) is 13.2 Å². The van der Waals surface area contributed by atoms with Gasteiger partial charge in [0.1, 0.15) is 13.2 Å². The quantitative estimate of drug-likeness (QED) is 0.0369. The van der Waals surface area contributed by atoms with Gasteiger partial charge in [0.05, 0.1) is 0 Å². The van der Waals surface area contributed by atoms with Crippen molar-refractivity contribution in [2.24, 2.45) is 5.92 Å². The molecule has 0 aliphatic carbocycles. The Morgan fingerprint density at radius 1 is 0.396 bits per heavy atom. The largest absolute Gasteiger partial charge is 0.462 e. The van der Waals surface area contributed by atoms with Gasteiger partial charge in [-0.25, -0.2) is 0 Å². The van der Waals surface area contributed by atoms with Gasteiger partial charge in [-0.05, 0) is 25.2 Å². The minimum Gasteiger partial charge on any atom is -0.462 e. The van der Waals surface area contributed by atoms with Crippen molar-refractivity contribution in [3.63, 3.8) is 0 Å². The summed E-state index contributed by atoms with van der Waals surface area (Å²) in [4.78, 5) is 37.2. The maximum atomic E-state index is 12.5. The summed E-state index contributed by atoms with van der Waals surface area (Å²) in [5.41, 5.74) is 0. The van der Waals surface area contributed by atoms with Crippen LogP contribution in [0.25, 0.3) is 0 Å². The Balaban J connectivity index is 4.13. The normalized spacial score (nSPS) is 11.9. The lowest BCUT2D eigenvalue weighted by Gasteiger charge is -2.18. The molecular weight excluding hydrogens is 600 g/mol. The number of carbonyl (C=O) groups excluding carboxylic acids is 3. The van der Waals surface area contributed by atoms with Gasteiger partial charge in [0.2, 0.25) is 0 Å². The lowest BCUT2D eigenvalue weighted by molar-refractivity contribution is -0.167.